The van der Waals surface area contributed by atoms with E-state index in [4.69, 9.17) is 9.47 Å². The second kappa shape index (κ2) is 8.42. The van der Waals surface area contributed by atoms with Crippen LogP contribution in [-0.2, 0) is 14.3 Å². The van der Waals surface area contributed by atoms with Gasteiger partial charge in [0.15, 0.2) is 5.78 Å². The lowest BCUT2D eigenvalue weighted by Gasteiger charge is -2.35. The quantitative estimate of drug-likeness (QED) is 0.768. The molecule has 1 atom stereocenters. The molecule has 144 valence electrons. The predicted octanol–water partition coefficient (Wildman–Crippen LogP) is 4.01. The van der Waals surface area contributed by atoms with Crippen LogP contribution >= 0.6 is 0 Å². The number of esters is 1. The van der Waals surface area contributed by atoms with Gasteiger partial charge in [0, 0.05) is 29.0 Å². The summed E-state index contributed by atoms with van der Waals surface area (Å²) in [5.41, 5.74) is 3.83. The second-order valence-electron chi connectivity index (χ2n) is 6.66. The molecule has 1 heterocycles. The maximum Gasteiger partial charge on any atom is 0.336 e. The number of ketones is 1. The fraction of sp³-hybridized carbons (Fsp3) is 0.455. The molecule has 1 aromatic rings. The molecule has 5 nitrogen and oxygen atoms in total. The van der Waals surface area contributed by atoms with E-state index in [0.717, 1.165) is 29.8 Å². The maximum atomic E-state index is 12.9. The van der Waals surface area contributed by atoms with E-state index in [2.05, 4.69) is 5.32 Å². The van der Waals surface area contributed by atoms with E-state index in [0.29, 0.717) is 43.0 Å². The summed E-state index contributed by atoms with van der Waals surface area (Å²) in [7, 11) is 0. The van der Waals surface area contributed by atoms with Crippen LogP contribution in [0.3, 0.4) is 0 Å². The van der Waals surface area contributed by atoms with Crippen molar-refractivity contribution in [3.63, 3.8) is 0 Å². The molecule has 0 bridgehead atoms. The number of Topliss-reactive ketones (excluding diaryl/α,β-unsaturated/α-hetero) is 1. The summed E-state index contributed by atoms with van der Waals surface area (Å²) in [4.78, 5) is 25.8. The van der Waals surface area contributed by atoms with E-state index in [9.17, 15) is 9.59 Å². The Morgan fingerprint density at radius 3 is 2.63 bits per heavy atom. The lowest BCUT2D eigenvalue weighted by atomic mass is 9.74. The molecule has 0 radical (unpaired) electrons. The van der Waals surface area contributed by atoms with Gasteiger partial charge in [-0.15, -0.1) is 0 Å². The number of benzene rings is 1. The van der Waals surface area contributed by atoms with Crippen LogP contribution in [0.5, 0.6) is 5.75 Å². The Morgan fingerprint density at radius 1 is 1.15 bits per heavy atom. The first-order valence-electron chi connectivity index (χ1n) is 9.77. The Morgan fingerprint density at radius 2 is 1.93 bits per heavy atom. The molecule has 5 heteroatoms. The average Bonchev–Trinajstić information content (AvgIpc) is 2.67. The van der Waals surface area contributed by atoms with Crippen LogP contribution in [0.2, 0.25) is 0 Å². The Kier molecular flexibility index (Phi) is 5.99. The van der Waals surface area contributed by atoms with Gasteiger partial charge in [0.2, 0.25) is 0 Å². The molecule has 27 heavy (non-hydrogen) atoms. The molecule has 1 N–H and O–H groups in total. The van der Waals surface area contributed by atoms with Crippen LogP contribution in [0.25, 0.3) is 0 Å². The SMILES string of the molecule is CCOC(=O)C1=C(CC)NC2=C(C(=O)CCC2)[C@H]1c1ccccc1OCC. The third kappa shape index (κ3) is 3.64. The van der Waals surface area contributed by atoms with Crippen molar-refractivity contribution in [1.82, 2.24) is 5.32 Å². The van der Waals surface area contributed by atoms with Gasteiger partial charge in [-0.1, -0.05) is 25.1 Å². The highest BCUT2D eigenvalue weighted by Crippen LogP contribution is 2.45. The van der Waals surface area contributed by atoms with Gasteiger partial charge in [0.1, 0.15) is 5.75 Å². The number of allylic oxidation sites excluding steroid dienone is 3. The van der Waals surface area contributed by atoms with Gasteiger partial charge >= 0.3 is 5.97 Å². The smallest absolute Gasteiger partial charge is 0.336 e. The molecule has 1 aliphatic carbocycles. The third-order valence-electron chi connectivity index (χ3n) is 5.04. The fourth-order valence-corrected chi connectivity index (χ4v) is 3.94. The van der Waals surface area contributed by atoms with Crippen molar-refractivity contribution in [2.75, 3.05) is 13.2 Å². The molecule has 0 saturated heterocycles. The molecule has 3 rings (SSSR count). The summed E-state index contributed by atoms with van der Waals surface area (Å²) in [6.07, 6.45) is 2.81. The topological polar surface area (TPSA) is 64.6 Å². The van der Waals surface area contributed by atoms with Crippen LogP contribution < -0.4 is 10.1 Å². The first-order valence-corrected chi connectivity index (χ1v) is 9.77. The number of dihydropyridines is 1. The molecule has 0 aromatic heterocycles. The predicted molar refractivity (Wildman–Crippen MR) is 103 cm³/mol. The Balaban J connectivity index is 2.22. The molecule has 2 aliphatic rings. The zero-order valence-corrected chi connectivity index (χ0v) is 16.3. The minimum atomic E-state index is -0.453. The van der Waals surface area contributed by atoms with Crippen LogP contribution in [0, 0.1) is 0 Å². The van der Waals surface area contributed by atoms with Gasteiger partial charge < -0.3 is 14.8 Å². The van der Waals surface area contributed by atoms with E-state index in [1.54, 1.807) is 6.92 Å². The third-order valence-corrected chi connectivity index (χ3v) is 5.04. The number of ether oxygens (including phenoxy) is 2. The summed E-state index contributed by atoms with van der Waals surface area (Å²) in [6.45, 7) is 6.53. The second-order valence-corrected chi connectivity index (χ2v) is 6.66. The number of nitrogens with one attached hydrogen (secondary N) is 1. The van der Waals surface area contributed by atoms with Gasteiger partial charge in [-0.3, -0.25) is 4.79 Å². The monoisotopic (exact) mass is 369 g/mol. The normalized spacial score (nSPS) is 19.5. The number of hydrogen-bond donors (Lipinski definition) is 1. The van der Waals surface area contributed by atoms with Crippen molar-refractivity contribution in [2.24, 2.45) is 0 Å². The van der Waals surface area contributed by atoms with Crippen molar-refractivity contribution in [1.29, 1.82) is 0 Å². The largest absolute Gasteiger partial charge is 0.494 e. The Labute approximate surface area is 160 Å². The number of hydrogen-bond acceptors (Lipinski definition) is 5. The van der Waals surface area contributed by atoms with E-state index in [-0.39, 0.29) is 11.8 Å². The lowest BCUT2D eigenvalue weighted by molar-refractivity contribution is -0.138. The number of para-hydroxylation sites is 1. The van der Waals surface area contributed by atoms with Crippen LogP contribution in [0.15, 0.2) is 46.8 Å². The van der Waals surface area contributed by atoms with Gasteiger partial charge in [-0.05, 0) is 39.2 Å². The number of rotatable bonds is 6. The van der Waals surface area contributed by atoms with Crippen LogP contribution in [0.4, 0.5) is 0 Å². The van der Waals surface area contributed by atoms with E-state index >= 15 is 0 Å². The Bertz CT molecular complexity index is 806. The zero-order valence-electron chi connectivity index (χ0n) is 16.3. The molecule has 0 saturated carbocycles. The summed E-state index contributed by atoms with van der Waals surface area (Å²) >= 11 is 0. The molecular weight excluding hydrogens is 342 g/mol. The van der Waals surface area contributed by atoms with Gasteiger partial charge in [-0.2, -0.15) is 0 Å². The molecular formula is C22H27NO4. The van der Waals surface area contributed by atoms with Crippen molar-refractivity contribution in [2.45, 2.75) is 52.4 Å². The highest BCUT2D eigenvalue weighted by atomic mass is 16.5. The Hall–Kier alpha value is -2.56. The van der Waals surface area contributed by atoms with Crippen molar-refractivity contribution in [3.05, 3.63) is 52.4 Å². The molecule has 0 unspecified atom stereocenters. The highest BCUT2D eigenvalue weighted by molar-refractivity contribution is 6.04. The van der Waals surface area contributed by atoms with Crippen molar-refractivity contribution >= 4 is 11.8 Å². The molecule has 0 spiro atoms. The van der Waals surface area contributed by atoms with Gasteiger partial charge in [0.25, 0.3) is 0 Å². The average molecular weight is 369 g/mol. The number of carbonyl (C=O) groups excluding carboxylic acids is 2. The van der Waals surface area contributed by atoms with Gasteiger partial charge in [0.05, 0.1) is 24.7 Å². The van der Waals surface area contributed by atoms with Crippen molar-refractivity contribution < 1.29 is 19.1 Å². The summed E-state index contributed by atoms with van der Waals surface area (Å²) in [5.74, 6) is -0.0275. The van der Waals surface area contributed by atoms with E-state index in [1.165, 1.54) is 0 Å². The molecule has 1 aromatic carbocycles. The first kappa shape index (κ1) is 19.2. The minimum absolute atomic E-state index is 0.0944. The lowest BCUT2D eigenvalue weighted by Crippen LogP contribution is -2.35. The van der Waals surface area contributed by atoms with Crippen molar-refractivity contribution in [3.8, 4) is 5.75 Å². The number of carbonyl (C=O) groups is 2. The zero-order chi connectivity index (χ0) is 19.4. The summed E-state index contributed by atoms with van der Waals surface area (Å²) in [6, 6.07) is 7.66. The van der Waals surface area contributed by atoms with Gasteiger partial charge in [-0.25, -0.2) is 4.79 Å². The van der Waals surface area contributed by atoms with E-state index < -0.39 is 5.92 Å². The fourth-order valence-electron chi connectivity index (χ4n) is 3.94. The maximum absolute atomic E-state index is 12.9. The van der Waals surface area contributed by atoms with E-state index in [1.807, 2.05) is 38.1 Å². The molecule has 1 aliphatic heterocycles. The van der Waals surface area contributed by atoms with Crippen LogP contribution in [-0.4, -0.2) is 25.0 Å². The molecule has 0 amide bonds. The molecule has 0 fully saturated rings. The standard InChI is InChI=1S/C22H27NO4/c1-4-15-21(22(25)27-6-3)19(14-10-7-8-13-18(14)26-5-2)20-16(23-15)11-9-12-17(20)24/h7-8,10,13,19,23H,4-6,9,11-12H2,1-3H3/t19-/m1/s1. The highest BCUT2D eigenvalue weighted by Gasteiger charge is 2.40. The summed E-state index contributed by atoms with van der Waals surface area (Å²) in [5, 5.41) is 3.37. The van der Waals surface area contributed by atoms with Crippen LogP contribution in [0.1, 0.15) is 57.9 Å². The first-order chi connectivity index (χ1) is 13.1. The minimum Gasteiger partial charge on any atom is -0.494 e. The summed E-state index contributed by atoms with van der Waals surface area (Å²) < 4.78 is 11.2.